The molecule has 1 aromatic rings. The third-order valence-electron chi connectivity index (χ3n) is 3.05. The van der Waals surface area contributed by atoms with E-state index in [2.05, 4.69) is 65.6 Å². The summed E-state index contributed by atoms with van der Waals surface area (Å²) < 4.78 is 2.13. The summed E-state index contributed by atoms with van der Waals surface area (Å²) in [7, 11) is 11.4. The summed E-state index contributed by atoms with van der Waals surface area (Å²) in [6.45, 7) is 3.61. The largest absolute Gasteiger partial charge is 0.331 e. The van der Waals surface area contributed by atoms with E-state index in [1.54, 1.807) is 0 Å². The van der Waals surface area contributed by atoms with Gasteiger partial charge >= 0.3 is 0 Å². The molecule has 17 heavy (non-hydrogen) atoms. The van der Waals surface area contributed by atoms with E-state index in [4.69, 9.17) is 0 Å². The van der Waals surface area contributed by atoms with Crippen LogP contribution in [0.15, 0.2) is 30.3 Å². The Morgan fingerprint density at radius 2 is 1.41 bits per heavy atom. The molecule has 0 saturated heterocycles. The van der Waals surface area contributed by atoms with Crippen LogP contribution in [0.2, 0.25) is 0 Å². The maximum absolute atomic E-state index is 2.32. The maximum Gasteiger partial charge on any atom is 0.104 e. The van der Waals surface area contributed by atoms with Crippen molar-refractivity contribution in [3.05, 3.63) is 35.9 Å². The smallest absolute Gasteiger partial charge is 0.104 e. The number of hydrogen-bond acceptors (Lipinski definition) is 0. The molecular weight excluding hydrogens is 208 g/mol. The molecule has 1 aromatic carbocycles. The zero-order chi connectivity index (χ0) is 12.9. The molecule has 0 aliphatic rings. The molecule has 2 heteroatoms. The third kappa shape index (κ3) is 6.44. The van der Waals surface area contributed by atoms with Gasteiger partial charge in [0.25, 0.3) is 0 Å². The Hall–Kier alpha value is -0.860. The van der Waals surface area contributed by atoms with Crippen LogP contribution in [0.5, 0.6) is 0 Å². The summed E-state index contributed by atoms with van der Waals surface area (Å²) >= 11 is 0. The summed E-state index contributed by atoms with van der Waals surface area (Å²) in [5.41, 5.74) is 1.43. The molecule has 0 N–H and O–H groups in total. The summed E-state index contributed by atoms with van der Waals surface area (Å²) in [4.78, 5) is 0. The molecule has 0 atom stereocenters. The molecule has 2 nitrogen and oxygen atoms in total. The Kier molecular flexibility index (Phi) is 4.72. The molecule has 0 aromatic heterocycles. The van der Waals surface area contributed by atoms with E-state index in [0.29, 0.717) is 0 Å². The van der Waals surface area contributed by atoms with Crippen molar-refractivity contribution in [2.45, 2.75) is 13.0 Å². The first-order valence-corrected chi connectivity index (χ1v) is 6.45. The Morgan fingerprint density at radius 3 is 1.94 bits per heavy atom. The molecule has 96 valence electrons. The van der Waals surface area contributed by atoms with E-state index in [1.807, 2.05) is 0 Å². The van der Waals surface area contributed by atoms with Crippen LogP contribution in [-0.2, 0) is 6.54 Å². The highest BCUT2D eigenvalue weighted by molar-refractivity contribution is 5.13. The summed E-state index contributed by atoms with van der Waals surface area (Å²) in [6, 6.07) is 10.8. The molecule has 0 fully saturated rings. The summed E-state index contributed by atoms with van der Waals surface area (Å²) in [5, 5.41) is 0. The third-order valence-corrected chi connectivity index (χ3v) is 3.05. The average Bonchev–Trinajstić information content (AvgIpc) is 2.15. The normalized spacial score (nSPS) is 12.8. The highest BCUT2D eigenvalue weighted by atomic mass is 15.3. The van der Waals surface area contributed by atoms with Crippen LogP contribution in [-0.4, -0.2) is 57.3 Å². The van der Waals surface area contributed by atoms with Crippen molar-refractivity contribution in [1.82, 2.24) is 0 Å². The minimum Gasteiger partial charge on any atom is -0.331 e. The molecular formula is C15H28N2+2. The minimum atomic E-state index is 1.06. The van der Waals surface area contributed by atoms with Gasteiger partial charge in [0.15, 0.2) is 0 Å². The number of quaternary nitrogens is 2. The molecule has 1 rings (SSSR count). The summed E-state index contributed by atoms with van der Waals surface area (Å²) in [5.74, 6) is 0. The molecule has 0 spiro atoms. The standard InChI is InChI=1S/C15H28N2/c1-16(2,3)12-9-13-17(4,5)14-15-10-7-6-8-11-15/h6-8,10-11H,9,12-14H2,1-5H3/q+2. The zero-order valence-electron chi connectivity index (χ0n) is 12.1. The lowest BCUT2D eigenvalue weighted by Crippen LogP contribution is -2.43. The molecule has 0 bridgehead atoms. The van der Waals surface area contributed by atoms with Crippen molar-refractivity contribution >= 4 is 0 Å². The second kappa shape index (κ2) is 5.65. The predicted molar refractivity (Wildman–Crippen MR) is 74.6 cm³/mol. The molecule has 0 heterocycles. The van der Waals surface area contributed by atoms with Crippen molar-refractivity contribution in [2.75, 3.05) is 48.3 Å². The molecule has 0 aliphatic carbocycles. The van der Waals surface area contributed by atoms with Gasteiger partial charge in [0.2, 0.25) is 0 Å². The van der Waals surface area contributed by atoms with Crippen molar-refractivity contribution in [3.63, 3.8) is 0 Å². The van der Waals surface area contributed by atoms with E-state index in [0.717, 1.165) is 15.5 Å². The predicted octanol–water partition coefficient (Wildman–Crippen LogP) is 2.36. The van der Waals surface area contributed by atoms with Crippen molar-refractivity contribution in [2.24, 2.45) is 0 Å². The second-order valence-corrected chi connectivity index (χ2v) is 6.67. The van der Waals surface area contributed by atoms with E-state index in [1.165, 1.54) is 25.1 Å². The van der Waals surface area contributed by atoms with E-state index in [-0.39, 0.29) is 0 Å². The lowest BCUT2D eigenvalue weighted by molar-refractivity contribution is -0.912. The zero-order valence-corrected chi connectivity index (χ0v) is 12.1. The van der Waals surface area contributed by atoms with Gasteiger partial charge in [0, 0.05) is 12.0 Å². The fraction of sp³-hybridized carbons (Fsp3) is 0.600. The first kappa shape index (κ1) is 14.2. The van der Waals surface area contributed by atoms with Crippen LogP contribution in [0, 0.1) is 0 Å². The van der Waals surface area contributed by atoms with Crippen molar-refractivity contribution < 1.29 is 8.97 Å². The number of nitrogens with zero attached hydrogens (tertiary/aromatic N) is 2. The van der Waals surface area contributed by atoms with Crippen molar-refractivity contribution in [1.29, 1.82) is 0 Å². The highest BCUT2D eigenvalue weighted by Crippen LogP contribution is 2.10. The van der Waals surface area contributed by atoms with Crippen molar-refractivity contribution in [3.8, 4) is 0 Å². The van der Waals surface area contributed by atoms with Gasteiger partial charge < -0.3 is 8.97 Å². The molecule has 0 amide bonds. The number of rotatable bonds is 6. The van der Waals surface area contributed by atoms with Gasteiger partial charge in [-0.1, -0.05) is 30.3 Å². The van der Waals surface area contributed by atoms with Gasteiger partial charge in [-0.3, -0.25) is 0 Å². The van der Waals surface area contributed by atoms with E-state index in [9.17, 15) is 0 Å². The topological polar surface area (TPSA) is 0 Å². The first-order chi connectivity index (χ1) is 7.79. The van der Waals surface area contributed by atoms with Gasteiger partial charge in [-0.25, -0.2) is 0 Å². The van der Waals surface area contributed by atoms with E-state index >= 15 is 0 Å². The van der Waals surface area contributed by atoms with Crippen LogP contribution < -0.4 is 0 Å². The van der Waals surface area contributed by atoms with Crippen LogP contribution in [0.3, 0.4) is 0 Å². The fourth-order valence-electron chi connectivity index (χ4n) is 2.13. The molecule has 0 aliphatic heterocycles. The van der Waals surface area contributed by atoms with Crippen LogP contribution >= 0.6 is 0 Å². The lowest BCUT2D eigenvalue weighted by Gasteiger charge is -2.31. The lowest BCUT2D eigenvalue weighted by atomic mass is 10.2. The quantitative estimate of drug-likeness (QED) is 0.665. The maximum atomic E-state index is 2.32. The van der Waals surface area contributed by atoms with Gasteiger partial charge in [0.05, 0.1) is 48.3 Å². The van der Waals surface area contributed by atoms with E-state index < -0.39 is 0 Å². The Bertz CT molecular complexity index is 323. The van der Waals surface area contributed by atoms with Gasteiger partial charge in [-0.05, 0) is 0 Å². The van der Waals surface area contributed by atoms with Crippen LogP contribution in [0.25, 0.3) is 0 Å². The van der Waals surface area contributed by atoms with Crippen LogP contribution in [0.4, 0.5) is 0 Å². The highest BCUT2D eigenvalue weighted by Gasteiger charge is 2.17. The monoisotopic (exact) mass is 236 g/mol. The minimum absolute atomic E-state index is 1.06. The Balaban J connectivity index is 2.41. The molecule has 0 unspecified atom stereocenters. The average molecular weight is 236 g/mol. The Morgan fingerprint density at radius 1 is 0.824 bits per heavy atom. The molecule has 0 radical (unpaired) electrons. The number of benzene rings is 1. The Labute approximate surface area is 107 Å². The number of hydrogen-bond donors (Lipinski definition) is 0. The fourth-order valence-corrected chi connectivity index (χ4v) is 2.13. The SMILES string of the molecule is C[N+](C)(C)CCC[N+](C)(C)Cc1ccccc1. The second-order valence-electron chi connectivity index (χ2n) is 6.67. The van der Waals surface area contributed by atoms with Gasteiger partial charge in [-0.2, -0.15) is 0 Å². The molecule has 0 saturated carbocycles. The van der Waals surface area contributed by atoms with Gasteiger partial charge in [0.1, 0.15) is 6.54 Å². The summed E-state index contributed by atoms with van der Waals surface area (Å²) in [6.07, 6.45) is 1.28. The van der Waals surface area contributed by atoms with Gasteiger partial charge in [-0.15, -0.1) is 0 Å². The first-order valence-electron chi connectivity index (χ1n) is 6.45. The van der Waals surface area contributed by atoms with Crippen LogP contribution in [0.1, 0.15) is 12.0 Å².